The van der Waals surface area contributed by atoms with Crippen molar-refractivity contribution in [1.82, 2.24) is 0 Å². The molecule has 0 aromatic rings. The van der Waals surface area contributed by atoms with Gasteiger partial charge in [0.2, 0.25) is 0 Å². The number of hydrogen-bond donors (Lipinski definition) is 0. The molecule has 60 heavy (non-hydrogen) atoms. The van der Waals surface area contributed by atoms with Crippen molar-refractivity contribution < 1.29 is 42.1 Å². The molecule has 0 saturated heterocycles. The Morgan fingerprint density at radius 2 is 0.850 bits per heavy atom. The molecule has 1 unspecified atom stereocenters. The highest BCUT2D eigenvalue weighted by atomic mass is 31.2. The number of carbonyl (C=O) groups excluding carboxylic acids is 2. The zero-order valence-electron chi connectivity index (χ0n) is 39.9. The van der Waals surface area contributed by atoms with Gasteiger partial charge >= 0.3 is 11.9 Å². The zero-order valence-corrected chi connectivity index (χ0v) is 40.8. The van der Waals surface area contributed by atoms with Crippen molar-refractivity contribution in [3.8, 4) is 0 Å². The van der Waals surface area contributed by atoms with Crippen LogP contribution < -0.4 is 4.89 Å². The van der Waals surface area contributed by atoms with Crippen molar-refractivity contribution in [2.45, 2.75) is 238 Å². The number of likely N-dealkylation sites (N-methyl/N-ethyl adjacent to an activating group) is 1. The van der Waals surface area contributed by atoms with Crippen LogP contribution in [0.3, 0.4) is 0 Å². The summed E-state index contributed by atoms with van der Waals surface area (Å²) in [5.74, 6) is -0.836. The van der Waals surface area contributed by atoms with Gasteiger partial charge in [-0.2, -0.15) is 0 Å². The van der Waals surface area contributed by atoms with Gasteiger partial charge < -0.3 is 27.9 Å². The van der Waals surface area contributed by atoms with Crippen LogP contribution in [0.2, 0.25) is 0 Å². The lowest BCUT2D eigenvalue weighted by atomic mass is 10.0. The van der Waals surface area contributed by atoms with Gasteiger partial charge in [-0.05, 0) is 64.2 Å². The summed E-state index contributed by atoms with van der Waals surface area (Å²) in [6, 6.07) is 0. The summed E-state index contributed by atoms with van der Waals surface area (Å²) in [6.07, 6.45) is 47.7. The number of rotatable bonds is 46. The molecule has 0 heterocycles. The second-order valence-electron chi connectivity index (χ2n) is 18.2. The third-order valence-electron chi connectivity index (χ3n) is 10.9. The van der Waals surface area contributed by atoms with Crippen molar-refractivity contribution >= 4 is 19.8 Å². The molecule has 9 nitrogen and oxygen atoms in total. The molecule has 0 saturated carbocycles. The van der Waals surface area contributed by atoms with E-state index in [9.17, 15) is 19.0 Å². The number of phosphoric acid groups is 1. The minimum absolute atomic E-state index is 0.0306. The first-order chi connectivity index (χ1) is 29.0. The van der Waals surface area contributed by atoms with Gasteiger partial charge in [-0.25, -0.2) is 0 Å². The molecule has 0 fully saturated rings. The summed E-state index contributed by atoms with van der Waals surface area (Å²) >= 11 is 0. The van der Waals surface area contributed by atoms with E-state index >= 15 is 0 Å². The summed E-state index contributed by atoms with van der Waals surface area (Å²) in [5.41, 5.74) is 0. The van der Waals surface area contributed by atoms with Gasteiger partial charge in [0, 0.05) is 12.8 Å². The zero-order chi connectivity index (χ0) is 44.3. The number of nitrogens with zero attached hydrogens (tertiary/aromatic N) is 1. The van der Waals surface area contributed by atoms with E-state index in [2.05, 4.69) is 38.2 Å². The fourth-order valence-corrected chi connectivity index (χ4v) is 7.73. The number of unbranched alkanes of at least 4 members (excludes halogenated alkanes) is 28. The van der Waals surface area contributed by atoms with Crippen LogP contribution in [0.15, 0.2) is 24.3 Å². The number of hydrogen-bond acceptors (Lipinski definition) is 8. The molecule has 0 rings (SSSR count). The lowest BCUT2D eigenvalue weighted by Gasteiger charge is -2.28. The largest absolute Gasteiger partial charge is 0.756 e. The molecule has 2 atom stereocenters. The highest BCUT2D eigenvalue weighted by Crippen LogP contribution is 2.38. The van der Waals surface area contributed by atoms with Crippen molar-refractivity contribution in [2.75, 3.05) is 47.5 Å². The Balaban J connectivity index is 4.25. The van der Waals surface area contributed by atoms with E-state index in [-0.39, 0.29) is 32.0 Å². The Morgan fingerprint density at radius 1 is 0.500 bits per heavy atom. The van der Waals surface area contributed by atoms with Crippen LogP contribution in [0.5, 0.6) is 0 Å². The Labute approximate surface area is 370 Å². The molecule has 0 amide bonds. The molecule has 0 bridgehead atoms. The van der Waals surface area contributed by atoms with Gasteiger partial charge in [0.15, 0.2) is 6.10 Å². The lowest BCUT2D eigenvalue weighted by molar-refractivity contribution is -0.870. The Bertz CT molecular complexity index is 1070. The minimum atomic E-state index is -4.63. The lowest BCUT2D eigenvalue weighted by Crippen LogP contribution is -2.37. The second-order valence-corrected chi connectivity index (χ2v) is 19.6. The quantitative estimate of drug-likeness (QED) is 0.0195. The number of esters is 2. The second kappa shape index (κ2) is 42.8. The third-order valence-corrected chi connectivity index (χ3v) is 11.9. The van der Waals surface area contributed by atoms with Crippen LogP contribution in [-0.2, 0) is 32.7 Å². The summed E-state index contributed by atoms with van der Waals surface area (Å²) in [6.45, 7) is 4.24. The topological polar surface area (TPSA) is 111 Å². The van der Waals surface area contributed by atoms with Crippen molar-refractivity contribution in [2.24, 2.45) is 0 Å². The average molecular weight is 870 g/mol. The van der Waals surface area contributed by atoms with Gasteiger partial charge in [0.25, 0.3) is 7.82 Å². The van der Waals surface area contributed by atoms with Gasteiger partial charge in [0.1, 0.15) is 19.8 Å². The predicted octanol–water partition coefficient (Wildman–Crippen LogP) is 14.1. The van der Waals surface area contributed by atoms with E-state index in [1.54, 1.807) is 0 Å². The molecule has 0 aliphatic carbocycles. The van der Waals surface area contributed by atoms with Crippen molar-refractivity contribution in [3.05, 3.63) is 24.3 Å². The molecule has 354 valence electrons. The minimum Gasteiger partial charge on any atom is -0.756 e. The average Bonchev–Trinajstić information content (AvgIpc) is 3.20. The van der Waals surface area contributed by atoms with Crippen molar-refractivity contribution in [1.29, 1.82) is 0 Å². The molecule has 0 radical (unpaired) electrons. The molecular weight excluding hydrogens is 774 g/mol. The molecule has 0 N–H and O–H groups in total. The Kier molecular flexibility index (Phi) is 41.7. The van der Waals surface area contributed by atoms with E-state index < -0.39 is 26.5 Å². The standard InChI is InChI=1S/C50H96NO8P/c1-6-8-10-12-14-16-18-20-22-23-24-25-26-27-29-31-33-35-37-39-41-43-50(53)59-48(47-58-60(54,55)57-45-44-51(3,4)5)46-56-49(52)42-40-38-36-34-32-30-28-21-19-17-15-13-11-9-7-2/h20-22,28,48H,6-19,23-27,29-47H2,1-5H3/b22-20-,28-21-/t48-/m1/s1. The fourth-order valence-electron chi connectivity index (χ4n) is 7.00. The van der Waals surface area contributed by atoms with Gasteiger partial charge in [-0.15, -0.1) is 0 Å². The summed E-state index contributed by atoms with van der Waals surface area (Å²) in [4.78, 5) is 37.7. The van der Waals surface area contributed by atoms with E-state index in [0.29, 0.717) is 17.4 Å². The number of ether oxygens (including phenoxy) is 2. The van der Waals surface area contributed by atoms with Crippen LogP contribution in [-0.4, -0.2) is 70.0 Å². The molecule has 0 aromatic heterocycles. The van der Waals surface area contributed by atoms with Gasteiger partial charge in [-0.3, -0.25) is 14.2 Å². The maximum atomic E-state index is 12.7. The molecule has 0 aromatic carbocycles. The fraction of sp³-hybridized carbons (Fsp3) is 0.880. The first kappa shape index (κ1) is 58.5. The number of carbonyl (C=O) groups is 2. The van der Waals surface area contributed by atoms with E-state index in [1.807, 2.05) is 21.1 Å². The maximum Gasteiger partial charge on any atom is 0.306 e. The monoisotopic (exact) mass is 870 g/mol. The van der Waals surface area contributed by atoms with E-state index in [0.717, 1.165) is 57.8 Å². The maximum absolute atomic E-state index is 12.7. The van der Waals surface area contributed by atoms with Crippen LogP contribution in [0.4, 0.5) is 0 Å². The normalized spacial score (nSPS) is 13.6. The number of phosphoric ester groups is 1. The highest BCUT2D eigenvalue weighted by Gasteiger charge is 2.21. The van der Waals surface area contributed by atoms with E-state index in [1.165, 1.54) is 141 Å². The smallest absolute Gasteiger partial charge is 0.306 e. The summed E-state index contributed by atoms with van der Waals surface area (Å²) < 4.78 is 34.0. The SMILES string of the molecule is CCCCCCCC/C=C\CCCCCCCCCCCCCC(=O)O[C@H](COC(=O)CCCCCCC/C=C\CCCCCCCC)COP(=O)([O-])OCC[N+](C)(C)C. The molecule has 0 aliphatic rings. The van der Waals surface area contributed by atoms with Crippen LogP contribution in [0, 0.1) is 0 Å². The van der Waals surface area contributed by atoms with Crippen LogP contribution in [0.1, 0.15) is 232 Å². The molecule has 0 aliphatic heterocycles. The summed E-state index contributed by atoms with van der Waals surface area (Å²) in [5, 5.41) is 0. The van der Waals surface area contributed by atoms with Crippen molar-refractivity contribution in [3.63, 3.8) is 0 Å². The Morgan fingerprint density at radius 3 is 1.23 bits per heavy atom. The first-order valence-corrected chi connectivity index (χ1v) is 26.5. The number of quaternary nitrogens is 1. The van der Waals surface area contributed by atoms with E-state index in [4.69, 9.17) is 18.5 Å². The number of allylic oxidation sites excluding steroid dienone is 4. The van der Waals surface area contributed by atoms with Gasteiger partial charge in [-0.1, -0.05) is 179 Å². The summed E-state index contributed by atoms with van der Waals surface area (Å²) in [7, 11) is 1.17. The molecule has 10 heteroatoms. The predicted molar refractivity (Wildman–Crippen MR) is 250 cm³/mol. The molecule has 0 spiro atoms. The first-order valence-electron chi connectivity index (χ1n) is 25.0. The Hall–Kier alpha value is -1.51. The third kappa shape index (κ3) is 46.0. The van der Waals surface area contributed by atoms with Crippen LogP contribution >= 0.6 is 7.82 Å². The van der Waals surface area contributed by atoms with Gasteiger partial charge in [0.05, 0.1) is 27.7 Å². The highest BCUT2D eigenvalue weighted by molar-refractivity contribution is 7.45. The molecular formula is C50H96NO8P. The van der Waals surface area contributed by atoms with Crippen LogP contribution in [0.25, 0.3) is 0 Å².